The molecule has 0 amide bonds. The highest BCUT2D eigenvalue weighted by atomic mass is 16.5. The van der Waals surface area contributed by atoms with Gasteiger partial charge in [-0.05, 0) is 12.6 Å². The Kier molecular flexibility index (Phi) is 4.58. The third-order valence-corrected chi connectivity index (χ3v) is 2.12. The largest absolute Gasteiger partial charge is 0.481 e. The number of pyridine rings is 1. The quantitative estimate of drug-likeness (QED) is 0.682. The summed E-state index contributed by atoms with van der Waals surface area (Å²) in [5.41, 5.74) is 0.923. The van der Waals surface area contributed by atoms with E-state index in [0.717, 1.165) is 12.2 Å². The lowest BCUT2D eigenvalue weighted by atomic mass is 10.3. The second-order valence-corrected chi connectivity index (χ2v) is 3.13. The fraction of sp³-hybridized carbons (Fsp3) is 0.455. The lowest BCUT2D eigenvalue weighted by molar-refractivity contribution is 0.308. The van der Waals surface area contributed by atoms with Crippen molar-refractivity contribution < 1.29 is 4.74 Å². The minimum absolute atomic E-state index is 0.426. The maximum Gasteiger partial charge on any atom is 0.213 e. The van der Waals surface area contributed by atoms with E-state index in [0.29, 0.717) is 19.0 Å². The molecule has 0 atom stereocenters. The smallest absolute Gasteiger partial charge is 0.213 e. The molecule has 0 aliphatic heterocycles. The van der Waals surface area contributed by atoms with E-state index >= 15 is 0 Å². The van der Waals surface area contributed by atoms with Crippen LogP contribution in [0.25, 0.3) is 0 Å². The first-order valence-corrected chi connectivity index (χ1v) is 4.89. The Morgan fingerprint density at radius 3 is 2.93 bits per heavy atom. The normalized spacial score (nSPS) is 10.0. The molecule has 1 aromatic rings. The predicted molar refractivity (Wildman–Crippen MR) is 57.4 cm³/mol. The van der Waals surface area contributed by atoms with Crippen LogP contribution in [0.1, 0.15) is 12.6 Å². The van der Waals surface area contributed by atoms with Crippen LogP contribution in [0.2, 0.25) is 0 Å². The number of nitrogens with zero attached hydrogens (tertiary/aromatic N) is 3. The Morgan fingerprint density at radius 1 is 1.53 bits per heavy atom. The second kappa shape index (κ2) is 5.99. The minimum Gasteiger partial charge on any atom is -0.481 e. The minimum atomic E-state index is 0.426. The molecular formula is C11H15N3O. The fourth-order valence-electron chi connectivity index (χ4n) is 1.27. The van der Waals surface area contributed by atoms with E-state index in [4.69, 9.17) is 10.00 Å². The molecular weight excluding hydrogens is 190 g/mol. The second-order valence-electron chi connectivity index (χ2n) is 3.13. The molecule has 80 valence electrons. The summed E-state index contributed by atoms with van der Waals surface area (Å²) in [7, 11) is 1.60. The van der Waals surface area contributed by atoms with Gasteiger partial charge in [0.2, 0.25) is 5.88 Å². The Labute approximate surface area is 90.1 Å². The number of nitriles is 1. The van der Waals surface area contributed by atoms with Gasteiger partial charge in [-0.2, -0.15) is 5.26 Å². The van der Waals surface area contributed by atoms with Gasteiger partial charge >= 0.3 is 0 Å². The zero-order chi connectivity index (χ0) is 11.1. The van der Waals surface area contributed by atoms with Crippen molar-refractivity contribution in [3.8, 4) is 11.9 Å². The van der Waals surface area contributed by atoms with Crippen molar-refractivity contribution in [1.29, 1.82) is 5.26 Å². The van der Waals surface area contributed by atoms with Crippen molar-refractivity contribution >= 4 is 0 Å². The van der Waals surface area contributed by atoms with Crippen molar-refractivity contribution in [2.75, 3.05) is 20.2 Å². The topological polar surface area (TPSA) is 49.2 Å². The first kappa shape index (κ1) is 11.5. The van der Waals surface area contributed by atoms with E-state index in [2.05, 4.69) is 11.1 Å². The molecule has 0 aromatic carbocycles. The third-order valence-electron chi connectivity index (χ3n) is 2.12. The van der Waals surface area contributed by atoms with Crippen LogP contribution in [0.4, 0.5) is 0 Å². The molecule has 0 bridgehead atoms. The highest BCUT2D eigenvalue weighted by Gasteiger charge is 2.04. The number of rotatable bonds is 5. The van der Waals surface area contributed by atoms with Gasteiger partial charge in [0.1, 0.15) is 0 Å². The van der Waals surface area contributed by atoms with Crippen molar-refractivity contribution in [3.63, 3.8) is 0 Å². The first-order valence-electron chi connectivity index (χ1n) is 4.89. The van der Waals surface area contributed by atoms with Gasteiger partial charge < -0.3 is 4.74 Å². The van der Waals surface area contributed by atoms with Gasteiger partial charge in [0.15, 0.2) is 0 Å². The van der Waals surface area contributed by atoms with E-state index in [1.54, 1.807) is 7.11 Å². The van der Waals surface area contributed by atoms with Crippen LogP contribution < -0.4 is 4.74 Å². The van der Waals surface area contributed by atoms with Crippen LogP contribution in [-0.4, -0.2) is 30.1 Å². The number of aromatic nitrogens is 1. The first-order chi connectivity index (χ1) is 7.30. The molecule has 0 radical (unpaired) electrons. The van der Waals surface area contributed by atoms with Crippen LogP contribution >= 0.6 is 0 Å². The van der Waals surface area contributed by atoms with E-state index in [-0.39, 0.29) is 0 Å². The lowest BCUT2D eigenvalue weighted by Gasteiger charge is -2.15. The van der Waals surface area contributed by atoms with Crippen molar-refractivity contribution in [1.82, 2.24) is 9.88 Å². The number of ether oxygens (including phenoxy) is 1. The highest BCUT2D eigenvalue weighted by Crippen LogP contribution is 2.08. The average molecular weight is 205 g/mol. The van der Waals surface area contributed by atoms with Gasteiger partial charge in [-0.25, -0.2) is 4.98 Å². The molecule has 15 heavy (non-hydrogen) atoms. The lowest BCUT2D eigenvalue weighted by Crippen LogP contribution is -2.23. The Hall–Kier alpha value is -1.60. The maximum atomic E-state index is 8.61. The molecule has 0 N–H and O–H groups in total. The molecule has 1 heterocycles. The summed E-state index contributed by atoms with van der Waals surface area (Å²) in [6.45, 7) is 3.97. The van der Waals surface area contributed by atoms with Crippen LogP contribution in [0.3, 0.4) is 0 Å². The summed E-state index contributed by atoms with van der Waals surface area (Å²) in [5.74, 6) is 0.612. The van der Waals surface area contributed by atoms with E-state index in [9.17, 15) is 0 Å². The summed E-state index contributed by atoms with van der Waals surface area (Å²) >= 11 is 0. The maximum absolute atomic E-state index is 8.61. The molecule has 1 aromatic heterocycles. The van der Waals surface area contributed by atoms with Crippen LogP contribution in [0, 0.1) is 11.3 Å². The summed E-state index contributed by atoms with van der Waals surface area (Å²) < 4.78 is 5.04. The molecule has 0 aliphatic carbocycles. The molecule has 0 aliphatic rings. The summed E-state index contributed by atoms with van der Waals surface area (Å²) in [4.78, 5) is 6.30. The van der Waals surface area contributed by atoms with E-state index in [1.807, 2.05) is 30.0 Å². The van der Waals surface area contributed by atoms with Gasteiger partial charge in [-0.3, -0.25) is 4.90 Å². The molecule has 0 fully saturated rings. The van der Waals surface area contributed by atoms with Crippen LogP contribution in [-0.2, 0) is 6.54 Å². The van der Waals surface area contributed by atoms with Crippen molar-refractivity contribution in [2.45, 2.75) is 13.5 Å². The zero-order valence-electron chi connectivity index (χ0n) is 9.10. The van der Waals surface area contributed by atoms with E-state index in [1.165, 1.54) is 0 Å². The Morgan fingerprint density at radius 2 is 2.33 bits per heavy atom. The van der Waals surface area contributed by atoms with Crippen LogP contribution in [0.5, 0.6) is 5.88 Å². The predicted octanol–water partition coefficient (Wildman–Crippen LogP) is 1.44. The summed E-state index contributed by atoms with van der Waals surface area (Å²) in [6, 6.07) is 7.78. The van der Waals surface area contributed by atoms with Gasteiger partial charge in [-0.15, -0.1) is 0 Å². The Bertz CT molecular complexity index is 346. The highest BCUT2D eigenvalue weighted by molar-refractivity contribution is 5.15. The standard InChI is InChI=1S/C11H15N3O/c1-3-14(8-7-12)9-10-5-4-6-11(13-10)15-2/h4-6H,3,8-9H2,1-2H3. The fourth-order valence-corrected chi connectivity index (χ4v) is 1.27. The summed E-state index contributed by atoms with van der Waals surface area (Å²) in [5, 5.41) is 8.61. The van der Waals surface area contributed by atoms with Gasteiger partial charge in [-0.1, -0.05) is 13.0 Å². The number of methoxy groups -OCH3 is 1. The average Bonchev–Trinajstić information content (AvgIpc) is 2.29. The zero-order valence-corrected chi connectivity index (χ0v) is 9.10. The van der Waals surface area contributed by atoms with Crippen molar-refractivity contribution in [3.05, 3.63) is 23.9 Å². The van der Waals surface area contributed by atoms with Gasteiger partial charge in [0, 0.05) is 12.6 Å². The van der Waals surface area contributed by atoms with Crippen molar-refractivity contribution in [2.24, 2.45) is 0 Å². The summed E-state index contributed by atoms with van der Waals surface area (Å²) in [6.07, 6.45) is 0. The molecule has 0 unspecified atom stereocenters. The molecule has 1 rings (SSSR count). The monoisotopic (exact) mass is 205 g/mol. The van der Waals surface area contributed by atoms with Gasteiger partial charge in [0.05, 0.1) is 25.4 Å². The molecule has 4 nitrogen and oxygen atoms in total. The van der Waals surface area contributed by atoms with Gasteiger partial charge in [0.25, 0.3) is 0 Å². The molecule has 0 saturated heterocycles. The molecule has 0 saturated carbocycles. The Balaban J connectivity index is 2.66. The van der Waals surface area contributed by atoms with Crippen LogP contribution in [0.15, 0.2) is 18.2 Å². The third kappa shape index (κ3) is 3.56. The molecule has 4 heteroatoms. The van der Waals surface area contributed by atoms with E-state index < -0.39 is 0 Å². The number of hydrogen-bond donors (Lipinski definition) is 0. The number of hydrogen-bond acceptors (Lipinski definition) is 4. The SMILES string of the molecule is CCN(CC#N)Cc1cccc(OC)n1. The molecule has 0 spiro atoms.